The molecule has 0 N–H and O–H groups in total. The molecule has 0 saturated carbocycles. The molecule has 0 aliphatic carbocycles. The van der Waals surface area contributed by atoms with E-state index in [2.05, 4.69) is 11.9 Å². The number of carbonyl (C=O) groups is 1. The third kappa shape index (κ3) is 3.50. The predicted molar refractivity (Wildman–Crippen MR) is 86.9 cm³/mol. The molecular weight excluding hydrogens is 295 g/mol. The summed E-state index contributed by atoms with van der Waals surface area (Å²) in [4.78, 5) is 18.7. The van der Waals surface area contributed by atoms with Gasteiger partial charge in [0.05, 0.1) is 6.10 Å². The van der Waals surface area contributed by atoms with Crippen molar-refractivity contribution in [3.8, 4) is 0 Å². The molecule has 2 heterocycles. The second kappa shape index (κ2) is 7.04. The number of amides is 1. The number of pyridine rings is 1. The number of para-hydroxylation sites is 1. The number of ether oxygens (including phenoxy) is 1. The standard InChI is InChI=1S/C18H21FN2O2/c1-2-11-23-14-6-4-10-21(12-14)18(22)16-9-8-13-5-3-7-15(19)17(13)20-16/h3,5,7-9,14H,2,4,6,10-12H2,1H3/t14-/m0/s1. The van der Waals surface area contributed by atoms with E-state index in [0.29, 0.717) is 30.8 Å². The zero-order chi connectivity index (χ0) is 16.2. The van der Waals surface area contributed by atoms with E-state index in [1.54, 1.807) is 29.2 Å². The minimum atomic E-state index is -0.403. The molecule has 0 radical (unpaired) electrons. The first-order chi connectivity index (χ1) is 11.2. The topological polar surface area (TPSA) is 42.4 Å². The van der Waals surface area contributed by atoms with Crippen molar-refractivity contribution in [1.82, 2.24) is 9.88 Å². The molecule has 1 amide bonds. The lowest BCUT2D eigenvalue weighted by Gasteiger charge is -2.32. The zero-order valence-corrected chi connectivity index (χ0v) is 13.3. The molecule has 1 aliphatic rings. The van der Waals surface area contributed by atoms with Crippen molar-refractivity contribution >= 4 is 16.8 Å². The molecule has 1 aromatic carbocycles. The molecule has 5 heteroatoms. The lowest BCUT2D eigenvalue weighted by Crippen LogP contribution is -2.43. The average Bonchev–Trinajstić information content (AvgIpc) is 2.60. The Bertz CT molecular complexity index is 704. The van der Waals surface area contributed by atoms with E-state index in [0.717, 1.165) is 19.3 Å². The van der Waals surface area contributed by atoms with Crippen LogP contribution in [0.1, 0.15) is 36.7 Å². The molecular formula is C18H21FN2O2. The second-order valence-electron chi connectivity index (χ2n) is 5.89. The van der Waals surface area contributed by atoms with Crippen molar-refractivity contribution in [2.45, 2.75) is 32.3 Å². The summed E-state index contributed by atoms with van der Waals surface area (Å²) in [6.07, 6.45) is 2.95. The van der Waals surface area contributed by atoms with E-state index in [-0.39, 0.29) is 17.5 Å². The van der Waals surface area contributed by atoms with Gasteiger partial charge in [0.2, 0.25) is 0 Å². The molecule has 0 bridgehead atoms. The van der Waals surface area contributed by atoms with Crippen molar-refractivity contribution in [2.75, 3.05) is 19.7 Å². The molecule has 3 rings (SSSR count). The summed E-state index contributed by atoms with van der Waals surface area (Å²) in [5.41, 5.74) is 0.535. The van der Waals surface area contributed by atoms with Crippen LogP contribution in [0.3, 0.4) is 0 Å². The van der Waals surface area contributed by atoms with Crippen LogP contribution in [0, 0.1) is 5.82 Å². The Hall–Kier alpha value is -2.01. The third-order valence-electron chi connectivity index (χ3n) is 4.11. The maximum atomic E-state index is 13.9. The number of aromatic nitrogens is 1. The number of benzene rings is 1. The van der Waals surface area contributed by atoms with Gasteiger partial charge in [-0.3, -0.25) is 4.79 Å². The van der Waals surface area contributed by atoms with E-state index in [9.17, 15) is 9.18 Å². The van der Waals surface area contributed by atoms with Gasteiger partial charge in [-0.15, -0.1) is 0 Å². The zero-order valence-electron chi connectivity index (χ0n) is 13.3. The van der Waals surface area contributed by atoms with E-state index in [1.807, 2.05) is 0 Å². The number of halogens is 1. The monoisotopic (exact) mass is 316 g/mol. The van der Waals surface area contributed by atoms with E-state index < -0.39 is 5.82 Å². The number of hydrogen-bond acceptors (Lipinski definition) is 3. The molecule has 1 fully saturated rings. The SMILES string of the molecule is CCCO[C@H]1CCCN(C(=O)c2ccc3cccc(F)c3n2)C1. The highest BCUT2D eigenvalue weighted by Crippen LogP contribution is 2.19. The molecule has 0 unspecified atom stereocenters. The van der Waals surface area contributed by atoms with Gasteiger partial charge in [-0.25, -0.2) is 9.37 Å². The molecule has 23 heavy (non-hydrogen) atoms. The Kier molecular flexibility index (Phi) is 4.86. The Morgan fingerprint density at radius 1 is 1.39 bits per heavy atom. The first-order valence-electron chi connectivity index (χ1n) is 8.15. The maximum Gasteiger partial charge on any atom is 0.272 e. The first kappa shape index (κ1) is 15.9. The van der Waals surface area contributed by atoms with E-state index >= 15 is 0 Å². The van der Waals surface area contributed by atoms with E-state index in [4.69, 9.17) is 4.74 Å². The Morgan fingerprint density at radius 3 is 3.09 bits per heavy atom. The van der Waals surface area contributed by atoms with Gasteiger partial charge >= 0.3 is 0 Å². The molecule has 1 atom stereocenters. The normalized spacial score (nSPS) is 18.3. The summed E-state index contributed by atoms with van der Waals surface area (Å²) in [7, 11) is 0. The number of nitrogens with zero attached hydrogens (tertiary/aromatic N) is 2. The van der Waals surface area contributed by atoms with Gasteiger partial charge in [-0.2, -0.15) is 0 Å². The number of hydrogen-bond donors (Lipinski definition) is 0. The fourth-order valence-electron chi connectivity index (χ4n) is 2.94. The Morgan fingerprint density at radius 2 is 2.26 bits per heavy atom. The second-order valence-corrected chi connectivity index (χ2v) is 5.89. The highest BCUT2D eigenvalue weighted by atomic mass is 19.1. The molecule has 122 valence electrons. The molecule has 1 saturated heterocycles. The fourth-order valence-corrected chi connectivity index (χ4v) is 2.94. The summed E-state index contributed by atoms with van der Waals surface area (Å²) in [5.74, 6) is -0.556. The Labute approximate surface area is 135 Å². The van der Waals surface area contributed by atoms with Crippen LogP contribution in [-0.2, 0) is 4.74 Å². The van der Waals surface area contributed by atoms with Crippen LogP contribution >= 0.6 is 0 Å². The van der Waals surface area contributed by atoms with Crippen LogP contribution < -0.4 is 0 Å². The summed E-state index contributed by atoms with van der Waals surface area (Å²) in [5, 5.41) is 0.698. The predicted octanol–water partition coefficient (Wildman–Crippen LogP) is 3.41. The van der Waals surface area contributed by atoms with Gasteiger partial charge in [-0.1, -0.05) is 25.1 Å². The van der Waals surface area contributed by atoms with Crippen molar-refractivity contribution in [3.63, 3.8) is 0 Å². The Balaban J connectivity index is 1.78. The van der Waals surface area contributed by atoms with Crippen molar-refractivity contribution in [2.24, 2.45) is 0 Å². The first-order valence-corrected chi connectivity index (χ1v) is 8.15. The molecule has 4 nitrogen and oxygen atoms in total. The van der Waals surface area contributed by atoms with Crippen LogP contribution in [0.4, 0.5) is 4.39 Å². The maximum absolute atomic E-state index is 13.9. The molecule has 0 spiro atoms. The lowest BCUT2D eigenvalue weighted by molar-refractivity contribution is 0.00193. The average molecular weight is 316 g/mol. The van der Waals surface area contributed by atoms with Crippen molar-refractivity contribution < 1.29 is 13.9 Å². The van der Waals surface area contributed by atoms with Crippen molar-refractivity contribution in [3.05, 3.63) is 41.8 Å². The number of likely N-dealkylation sites (tertiary alicyclic amines) is 1. The van der Waals surface area contributed by atoms with Gasteiger partial charge in [0, 0.05) is 25.1 Å². The van der Waals surface area contributed by atoms with Gasteiger partial charge in [0.1, 0.15) is 17.0 Å². The highest BCUT2D eigenvalue weighted by Gasteiger charge is 2.25. The van der Waals surface area contributed by atoms with Crippen LogP contribution in [0.15, 0.2) is 30.3 Å². The van der Waals surface area contributed by atoms with Gasteiger partial charge in [0.15, 0.2) is 0 Å². The highest BCUT2D eigenvalue weighted by molar-refractivity contribution is 5.95. The van der Waals surface area contributed by atoms with Crippen LogP contribution in [0.25, 0.3) is 10.9 Å². The number of carbonyl (C=O) groups excluding carboxylic acids is 1. The summed E-state index contributed by atoms with van der Waals surface area (Å²) < 4.78 is 19.6. The third-order valence-corrected chi connectivity index (χ3v) is 4.11. The fraction of sp³-hybridized carbons (Fsp3) is 0.444. The number of fused-ring (bicyclic) bond motifs is 1. The smallest absolute Gasteiger partial charge is 0.272 e. The van der Waals surface area contributed by atoms with Gasteiger partial charge < -0.3 is 9.64 Å². The van der Waals surface area contributed by atoms with Crippen LogP contribution in [0.5, 0.6) is 0 Å². The lowest BCUT2D eigenvalue weighted by atomic mass is 10.1. The molecule has 1 aliphatic heterocycles. The van der Waals surface area contributed by atoms with Crippen LogP contribution in [0.2, 0.25) is 0 Å². The quantitative estimate of drug-likeness (QED) is 0.868. The van der Waals surface area contributed by atoms with Crippen LogP contribution in [-0.4, -0.2) is 41.6 Å². The van der Waals surface area contributed by atoms with Gasteiger partial charge in [0.25, 0.3) is 5.91 Å². The molecule has 1 aromatic heterocycles. The van der Waals surface area contributed by atoms with Crippen molar-refractivity contribution in [1.29, 1.82) is 0 Å². The largest absolute Gasteiger partial charge is 0.376 e. The minimum absolute atomic E-state index is 0.0878. The summed E-state index contributed by atoms with van der Waals surface area (Å²) in [6.45, 7) is 4.06. The number of rotatable bonds is 4. The summed E-state index contributed by atoms with van der Waals surface area (Å²) in [6, 6.07) is 8.20. The van der Waals surface area contributed by atoms with E-state index in [1.165, 1.54) is 6.07 Å². The summed E-state index contributed by atoms with van der Waals surface area (Å²) >= 11 is 0. The molecule has 2 aromatic rings. The number of piperidine rings is 1. The minimum Gasteiger partial charge on any atom is -0.376 e. The van der Waals surface area contributed by atoms with Gasteiger partial charge in [-0.05, 0) is 31.4 Å².